The van der Waals surface area contributed by atoms with E-state index in [0.717, 1.165) is 42.7 Å². The fourth-order valence-corrected chi connectivity index (χ4v) is 3.58. The minimum atomic E-state index is -0.189. The standard InChI is InChI=1S/C18H20Cl2N2O2/c1-12-9-15(24-22-12)5-6-17(23)21-18(7-2-8-18)11-13-3-4-14(19)10-16(13)20/h3-4,9-10H,2,5-8,11H2,1H3,(H,21,23). The number of hydrogen-bond acceptors (Lipinski definition) is 3. The van der Waals surface area contributed by atoms with E-state index in [4.69, 9.17) is 27.7 Å². The number of amides is 1. The minimum Gasteiger partial charge on any atom is -0.361 e. The Kier molecular flexibility index (Phi) is 5.16. The van der Waals surface area contributed by atoms with Crippen LogP contribution in [0.2, 0.25) is 10.0 Å². The Hall–Kier alpha value is -1.52. The average Bonchev–Trinajstić information content (AvgIpc) is 2.91. The lowest BCUT2D eigenvalue weighted by molar-refractivity contribution is -0.124. The number of nitrogens with zero attached hydrogens (tertiary/aromatic N) is 1. The van der Waals surface area contributed by atoms with Crippen molar-refractivity contribution in [2.45, 2.75) is 51.0 Å². The van der Waals surface area contributed by atoms with Crippen molar-refractivity contribution in [3.8, 4) is 0 Å². The summed E-state index contributed by atoms with van der Waals surface area (Å²) in [6.07, 6.45) is 4.75. The van der Waals surface area contributed by atoms with E-state index in [-0.39, 0.29) is 11.4 Å². The van der Waals surface area contributed by atoms with E-state index in [1.54, 1.807) is 6.07 Å². The summed E-state index contributed by atoms with van der Waals surface area (Å²) < 4.78 is 5.15. The summed E-state index contributed by atoms with van der Waals surface area (Å²) in [7, 11) is 0. The van der Waals surface area contributed by atoms with Crippen LogP contribution < -0.4 is 5.32 Å². The zero-order valence-corrected chi connectivity index (χ0v) is 15.1. The number of aromatic nitrogens is 1. The number of rotatable bonds is 6. The fourth-order valence-electron chi connectivity index (χ4n) is 3.11. The maximum Gasteiger partial charge on any atom is 0.220 e. The lowest BCUT2D eigenvalue weighted by atomic mass is 9.72. The number of benzene rings is 1. The Morgan fingerprint density at radius 2 is 2.12 bits per heavy atom. The first kappa shape index (κ1) is 17.3. The van der Waals surface area contributed by atoms with E-state index < -0.39 is 0 Å². The van der Waals surface area contributed by atoms with Crippen molar-refractivity contribution < 1.29 is 9.32 Å². The molecule has 0 unspecified atom stereocenters. The van der Waals surface area contributed by atoms with E-state index in [2.05, 4.69) is 10.5 Å². The molecule has 24 heavy (non-hydrogen) atoms. The van der Waals surface area contributed by atoms with Crippen LogP contribution in [-0.4, -0.2) is 16.6 Å². The molecular formula is C18H20Cl2N2O2. The minimum absolute atomic E-state index is 0.0360. The van der Waals surface area contributed by atoms with Gasteiger partial charge >= 0.3 is 0 Å². The highest BCUT2D eigenvalue weighted by molar-refractivity contribution is 6.35. The SMILES string of the molecule is Cc1cc(CCC(=O)NC2(Cc3ccc(Cl)cc3Cl)CCC2)on1. The van der Waals surface area contributed by atoms with Crippen LogP contribution in [0.5, 0.6) is 0 Å². The molecule has 0 atom stereocenters. The van der Waals surface area contributed by atoms with E-state index in [1.165, 1.54) is 0 Å². The van der Waals surface area contributed by atoms with Gasteiger partial charge in [0.15, 0.2) is 0 Å². The molecule has 6 heteroatoms. The molecule has 4 nitrogen and oxygen atoms in total. The number of hydrogen-bond donors (Lipinski definition) is 1. The number of aryl methyl sites for hydroxylation is 2. The van der Waals surface area contributed by atoms with Gasteiger partial charge in [0, 0.05) is 34.5 Å². The third kappa shape index (κ3) is 4.11. The van der Waals surface area contributed by atoms with Crippen molar-refractivity contribution in [1.29, 1.82) is 0 Å². The van der Waals surface area contributed by atoms with Gasteiger partial charge in [-0.05, 0) is 50.3 Å². The van der Waals surface area contributed by atoms with Crippen LogP contribution in [0.4, 0.5) is 0 Å². The molecule has 1 heterocycles. The fraction of sp³-hybridized carbons (Fsp3) is 0.444. The number of carbonyl (C=O) groups excluding carboxylic acids is 1. The van der Waals surface area contributed by atoms with Crippen LogP contribution in [0.3, 0.4) is 0 Å². The lowest BCUT2D eigenvalue weighted by Gasteiger charge is -2.43. The Morgan fingerprint density at radius 1 is 1.33 bits per heavy atom. The van der Waals surface area contributed by atoms with Gasteiger partial charge in [-0.1, -0.05) is 34.4 Å². The molecule has 1 fully saturated rings. The molecule has 1 aliphatic carbocycles. The predicted octanol–water partition coefficient (Wildman–Crippen LogP) is 4.50. The first-order valence-corrected chi connectivity index (χ1v) is 8.89. The van der Waals surface area contributed by atoms with E-state index in [9.17, 15) is 4.79 Å². The third-order valence-corrected chi connectivity index (χ3v) is 5.12. The smallest absolute Gasteiger partial charge is 0.220 e. The molecule has 0 radical (unpaired) electrons. The zero-order valence-electron chi connectivity index (χ0n) is 13.6. The summed E-state index contributed by atoms with van der Waals surface area (Å²) in [5, 5.41) is 8.32. The molecule has 0 saturated heterocycles. The molecule has 1 N–H and O–H groups in total. The Morgan fingerprint density at radius 3 is 2.71 bits per heavy atom. The maximum atomic E-state index is 12.3. The summed E-state index contributed by atoms with van der Waals surface area (Å²) in [6, 6.07) is 7.39. The van der Waals surface area contributed by atoms with Crippen LogP contribution in [0.25, 0.3) is 0 Å². The normalized spacial score (nSPS) is 15.8. The summed E-state index contributed by atoms with van der Waals surface area (Å²) in [6.45, 7) is 1.87. The number of nitrogens with one attached hydrogen (secondary N) is 1. The first-order valence-electron chi connectivity index (χ1n) is 8.13. The van der Waals surface area contributed by atoms with Crippen LogP contribution in [0.15, 0.2) is 28.8 Å². The van der Waals surface area contributed by atoms with Crippen molar-refractivity contribution in [3.63, 3.8) is 0 Å². The zero-order chi connectivity index (χ0) is 17.2. The van der Waals surface area contributed by atoms with Gasteiger partial charge in [-0.3, -0.25) is 4.79 Å². The second-order valence-corrected chi connectivity index (χ2v) is 7.37. The lowest BCUT2D eigenvalue weighted by Crippen LogP contribution is -2.55. The molecule has 1 aromatic carbocycles. The molecule has 1 aliphatic rings. The van der Waals surface area contributed by atoms with Crippen LogP contribution >= 0.6 is 23.2 Å². The molecule has 1 saturated carbocycles. The van der Waals surface area contributed by atoms with Crippen LogP contribution in [0, 0.1) is 6.92 Å². The monoisotopic (exact) mass is 366 g/mol. The quantitative estimate of drug-likeness (QED) is 0.818. The van der Waals surface area contributed by atoms with E-state index >= 15 is 0 Å². The number of carbonyl (C=O) groups is 1. The van der Waals surface area contributed by atoms with Gasteiger partial charge in [0.1, 0.15) is 5.76 Å². The van der Waals surface area contributed by atoms with Crippen molar-refractivity contribution in [1.82, 2.24) is 10.5 Å². The molecular weight excluding hydrogens is 347 g/mol. The van der Waals surface area contributed by atoms with E-state index in [0.29, 0.717) is 22.9 Å². The number of halogens is 2. The molecule has 128 valence electrons. The molecule has 0 bridgehead atoms. The van der Waals surface area contributed by atoms with Crippen molar-refractivity contribution in [2.75, 3.05) is 0 Å². The van der Waals surface area contributed by atoms with Gasteiger partial charge in [-0.15, -0.1) is 0 Å². The molecule has 1 amide bonds. The molecule has 2 aromatic rings. The van der Waals surface area contributed by atoms with Gasteiger partial charge in [0.2, 0.25) is 5.91 Å². The van der Waals surface area contributed by atoms with Crippen LogP contribution in [0.1, 0.15) is 42.7 Å². The highest BCUT2D eigenvalue weighted by atomic mass is 35.5. The summed E-state index contributed by atoms with van der Waals surface area (Å²) in [4.78, 5) is 12.3. The van der Waals surface area contributed by atoms with Gasteiger partial charge in [-0.2, -0.15) is 0 Å². The predicted molar refractivity (Wildman–Crippen MR) is 94.5 cm³/mol. The maximum absolute atomic E-state index is 12.3. The highest BCUT2D eigenvalue weighted by Gasteiger charge is 2.38. The van der Waals surface area contributed by atoms with Crippen LogP contribution in [-0.2, 0) is 17.6 Å². The van der Waals surface area contributed by atoms with Crippen molar-refractivity contribution in [3.05, 3.63) is 51.3 Å². The molecule has 0 aliphatic heterocycles. The topological polar surface area (TPSA) is 55.1 Å². The largest absolute Gasteiger partial charge is 0.361 e. The first-order chi connectivity index (χ1) is 11.5. The van der Waals surface area contributed by atoms with Gasteiger partial charge in [0.05, 0.1) is 5.69 Å². The highest BCUT2D eigenvalue weighted by Crippen LogP contribution is 2.37. The Bertz CT molecular complexity index is 738. The Balaban J connectivity index is 1.59. The van der Waals surface area contributed by atoms with E-state index in [1.807, 2.05) is 25.1 Å². The van der Waals surface area contributed by atoms with Gasteiger partial charge in [-0.25, -0.2) is 0 Å². The molecule has 3 rings (SSSR count). The summed E-state index contributed by atoms with van der Waals surface area (Å²) in [5.41, 5.74) is 1.66. The van der Waals surface area contributed by atoms with Gasteiger partial charge in [0.25, 0.3) is 0 Å². The average molecular weight is 367 g/mol. The summed E-state index contributed by atoms with van der Waals surface area (Å²) in [5.74, 6) is 0.778. The van der Waals surface area contributed by atoms with Gasteiger partial charge < -0.3 is 9.84 Å². The Labute approximate surface area is 151 Å². The third-order valence-electron chi connectivity index (χ3n) is 4.53. The molecule has 0 spiro atoms. The van der Waals surface area contributed by atoms with Crippen molar-refractivity contribution >= 4 is 29.1 Å². The van der Waals surface area contributed by atoms with Crippen molar-refractivity contribution in [2.24, 2.45) is 0 Å². The second kappa shape index (κ2) is 7.16. The second-order valence-electron chi connectivity index (χ2n) is 6.53. The summed E-state index contributed by atoms with van der Waals surface area (Å²) >= 11 is 12.2. The molecule has 1 aromatic heterocycles.